The van der Waals surface area contributed by atoms with Crippen LogP contribution in [-0.4, -0.2) is 23.8 Å². The molecule has 1 unspecified atom stereocenters. The Morgan fingerprint density at radius 2 is 0.809 bits per heavy atom. The number of allylic oxidation sites excluding steroid dienone is 1. The Hall–Kier alpha value is -0.830. The van der Waals surface area contributed by atoms with E-state index in [4.69, 9.17) is 4.74 Å². The molecule has 0 radical (unpaired) electrons. The SMILES string of the molecule is CCCCCCCCCCCCCCCCCCCCCCCCCOC(=O)CCCCCC=CC(O)CCCCCCCCCC. The van der Waals surface area contributed by atoms with Gasteiger partial charge in [0.2, 0.25) is 0 Å². The summed E-state index contributed by atoms with van der Waals surface area (Å²) in [5.74, 6) is -0.0277. The van der Waals surface area contributed by atoms with Crippen LogP contribution in [-0.2, 0) is 9.53 Å². The summed E-state index contributed by atoms with van der Waals surface area (Å²) >= 11 is 0. The molecule has 0 aromatic rings. The molecule has 0 fully saturated rings. The molecule has 1 atom stereocenters. The Balaban J connectivity index is 3.24. The Morgan fingerprint density at radius 1 is 0.468 bits per heavy atom. The lowest BCUT2D eigenvalue weighted by molar-refractivity contribution is -0.143. The van der Waals surface area contributed by atoms with Crippen molar-refractivity contribution in [3.63, 3.8) is 0 Å². The molecule has 0 aliphatic rings. The fourth-order valence-electron chi connectivity index (χ4n) is 6.69. The summed E-state index contributed by atoms with van der Waals surface area (Å²) in [7, 11) is 0. The maximum absolute atomic E-state index is 12.0. The van der Waals surface area contributed by atoms with Gasteiger partial charge in [0.1, 0.15) is 0 Å². The van der Waals surface area contributed by atoms with Gasteiger partial charge >= 0.3 is 5.97 Å². The van der Waals surface area contributed by atoms with Crippen molar-refractivity contribution in [2.45, 2.75) is 258 Å². The molecule has 0 rings (SSSR count). The lowest BCUT2D eigenvalue weighted by atomic mass is 10.0. The van der Waals surface area contributed by atoms with Crippen molar-refractivity contribution in [1.29, 1.82) is 0 Å². The van der Waals surface area contributed by atoms with Crippen molar-refractivity contribution in [2.75, 3.05) is 6.61 Å². The number of hydrogen-bond donors (Lipinski definition) is 1. The van der Waals surface area contributed by atoms with Crippen molar-refractivity contribution in [3.8, 4) is 0 Å². The first-order valence-electron chi connectivity index (χ1n) is 21.7. The zero-order valence-electron chi connectivity index (χ0n) is 32.4. The van der Waals surface area contributed by atoms with Gasteiger partial charge in [0, 0.05) is 6.42 Å². The van der Waals surface area contributed by atoms with Crippen LogP contribution in [0, 0.1) is 0 Å². The zero-order valence-corrected chi connectivity index (χ0v) is 32.4. The summed E-state index contributed by atoms with van der Waals surface area (Å²) in [4.78, 5) is 12.0. The molecular weight excluding hydrogens is 576 g/mol. The molecule has 0 aromatic heterocycles. The number of carbonyl (C=O) groups is 1. The second kappa shape index (κ2) is 41.3. The van der Waals surface area contributed by atoms with Gasteiger partial charge in [-0.1, -0.05) is 225 Å². The molecule has 0 heterocycles. The van der Waals surface area contributed by atoms with Gasteiger partial charge in [-0.2, -0.15) is 0 Å². The highest BCUT2D eigenvalue weighted by atomic mass is 16.5. The zero-order chi connectivity index (χ0) is 34.1. The molecule has 0 aromatic carbocycles. The number of unbranched alkanes of at least 4 members (excludes halogenated alkanes) is 32. The van der Waals surface area contributed by atoms with Crippen LogP contribution in [0.15, 0.2) is 12.2 Å². The highest BCUT2D eigenvalue weighted by molar-refractivity contribution is 5.69. The van der Waals surface area contributed by atoms with E-state index in [-0.39, 0.29) is 12.1 Å². The molecular formula is C44H86O3. The summed E-state index contributed by atoms with van der Waals surface area (Å²) in [6.07, 6.45) is 51.8. The molecule has 0 amide bonds. The van der Waals surface area contributed by atoms with Crippen molar-refractivity contribution in [1.82, 2.24) is 0 Å². The first-order chi connectivity index (χ1) is 23.2. The third kappa shape index (κ3) is 41.3. The number of ether oxygens (including phenoxy) is 1. The van der Waals surface area contributed by atoms with Crippen molar-refractivity contribution in [2.24, 2.45) is 0 Å². The first-order valence-corrected chi connectivity index (χ1v) is 21.7. The molecule has 3 nitrogen and oxygen atoms in total. The smallest absolute Gasteiger partial charge is 0.305 e. The van der Waals surface area contributed by atoms with Crippen LogP contribution in [0.2, 0.25) is 0 Å². The Bertz CT molecular complexity index is 615. The van der Waals surface area contributed by atoms with Gasteiger partial charge in [0.15, 0.2) is 0 Å². The molecule has 47 heavy (non-hydrogen) atoms. The van der Waals surface area contributed by atoms with Gasteiger partial charge in [-0.25, -0.2) is 0 Å². The average molecular weight is 663 g/mol. The van der Waals surface area contributed by atoms with Gasteiger partial charge in [-0.3, -0.25) is 4.79 Å². The molecule has 3 heteroatoms. The molecule has 0 saturated carbocycles. The number of hydrogen-bond acceptors (Lipinski definition) is 3. The second-order valence-corrected chi connectivity index (χ2v) is 14.9. The normalized spacial score (nSPS) is 12.3. The predicted molar refractivity (Wildman–Crippen MR) is 208 cm³/mol. The van der Waals surface area contributed by atoms with Gasteiger partial charge < -0.3 is 9.84 Å². The van der Waals surface area contributed by atoms with Crippen LogP contribution in [0.4, 0.5) is 0 Å². The van der Waals surface area contributed by atoms with E-state index in [0.29, 0.717) is 13.0 Å². The Kier molecular flexibility index (Phi) is 40.6. The predicted octanol–water partition coefficient (Wildman–Crippen LogP) is 14.9. The lowest BCUT2D eigenvalue weighted by Crippen LogP contribution is -2.05. The minimum Gasteiger partial charge on any atom is -0.466 e. The van der Waals surface area contributed by atoms with E-state index in [1.54, 1.807) is 0 Å². The van der Waals surface area contributed by atoms with E-state index < -0.39 is 0 Å². The van der Waals surface area contributed by atoms with E-state index in [2.05, 4.69) is 19.9 Å². The Labute approximate surface area is 296 Å². The average Bonchev–Trinajstić information content (AvgIpc) is 3.07. The van der Waals surface area contributed by atoms with Crippen LogP contribution in [0.5, 0.6) is 0 Å². The third-order valence-electron chi connectivity index (χ3n) is 9.97. The second-order valence-electron chi connectivity index (χ2n) is 14.9. The summed E-state index contributed by atoms with van der Waals surface area (Å²) < 4.78 is 5.44. The van der Waals surface area contributed by atoms with Crippen LogP contribution in [0.1, 0.15) is 251 Å². The van der Waals surface area contributed by atoms with Crippen molar-refractivity contribution in [3.05, 3.63) is 12.2 Å². The molecule has 0 aliphatic heterocycles. The molecule has 0 saturated heterocycles. The molecule has 0 aliphatic carbocycles. The fourth-order valence-corrected chi connectivity index (χ4v) is 6.69. The van der Waals surface area contributed by atoms with Crippen LogP contribution >= 0.6 is 0 Å². The van der Waals surface area contributed by atoms with Crippen LogP contribution < -0.4 is 0 Å². The number of esters is 1. The summed E-state index contributed by atoms with van der Waals surface area (Å²) in [5, 5.41) is 10.1. The van der Waals surface area contributed by atoms with E-state index in [1.807, 2.05) is 6.08 Å². The third-order valence-corrected chi connectivity index (χ3v) is 9.97. The Morgan fingerprint density at radius 3 is 1.21 bits per heavy atom. The number of aliphatic hydroxyl groups excluding tert-OH is 1. The molecule has 0 spiro atoms. The largest absolute Gasteiger partial charge is 0.466 e. The summed E-state index contributed by atoms with van der Waals surface area (Å²) in [5.41, 5.74) is 0. The minimum absolute atomic E-state index is 0.0277. The highest BCUT2D eigenvalue weighted by Crippen LogP contribution is 2.16. The number of carbonyl (C=O) groups excluding carboxylic acids is 1. The van der Waals surface area contributed by atoms with Crippen LogP contribution in [0.25, 0.3) is 0 Å². The minimum atomic E-state index is -0.293. The first kappa shape index (κ1) is 46.2. The quantitative estimate of drug-likeness (QED) is 0.0403. The van der Waals surface area contributed by atoms with E-state index >= 15 is 0 Å². The summed E-state index contributed by atoms with van der Waals surface area (Å²) in [6.45, 7) is 5.15. The maximum atomic E-state index is 12.0. The van der Waals surface area contributed by atoms with E-state index in [9.17, 15) is 9.90 Å². The van der Waals surface area contributed by atoms with Crippen molar-refractivity contribution < 1.29 is 14.6 Å². The van der Waals surface area contributed by atoms with E-state index in [0.717, 1.165) is 44.9 Å². The molecule has 1 N–H and O–H groups in total. The standard InChI is InChI=1S/C44H86O3/c1-3-5-7-9-11-13-14-15-16-17-18-19-20-21-22-23-24-25-26-27-29-34-38-42-47-44(46)41-37-33-30-32-36-40-43(45)39-35-31-28-12-10-8-6-4-2/h36,40,43,45H,3-35,37-39,41-42H2,1-2H3. The van der Waals surface area contributed by atoms with Gasteiger partial charge in [-0.15, -0.1) is 0 Å². The number of rotatable bonds is 40. The number of aliphatic hydroxyl groups is 1. The molecule has 280 valence electrons. The summed E-state index contributed by atoms with van der Waals surface area (Å²) in [6, 6.07) is 0. The topological polar surface area (TPSA) is 46.5 Å². The maximum Gasteiger partial charge on any atom is 0.305 e. The monoisotopic (exact) mass is 663 g/mol. The van der Waals surface area contributed by atoms with Gasteiger partial charge in [-0.05, 0) is 32.1 Å². The van der Waals surface area contributed by atoms with Crippen LogP contribution in [0.3, 0.4) is 0 Å². The lowest BCUT2D eigenvalue weighted by Gasteiger charge is -2.06. The van der Waals surface area contributed by atoms with Crippen molar-refractivity contribution >= 4 is 5.97 Å². The van der Waals surface area contributed by atoms with Gasteiger partial charge in [0.25, 0.3) is 0 Å². The van der Waals surface area contributed by atoms with Gasteiger partial charge in [0.05, 0.1) is 12.7 Å². The molecule has 0 bridgehead atoms. The van der Waals surface area contributed by atoms with E-state index in [1.165, 1.54) is 186 Å². The fraction of sp³-hybridized carbons (Fsp3) is 0.932. The highest BCUT2D eigenvalue weighted by Gasteiger charge is 2.03.